The second kappa shape index (κ2) is 50.5. The Bertz CT molecular complexity index is 2430. The monoisotopic (exact) mass is 1430 g/mol. The van der Waals surface area contributed by atoms with E-state index in [-0.39, 0.29) is 118 Å². The molecule has 1 aliphatic rings. The molecule has 0 radical (unpaired) electrons. The van der Waals surface area contributed by atoms with Gasteiger partial charge in [0.05, 0.1) is 151 Å². The molecule has 0 saturated carbocycles. The molecule has 0 aromatic heterocycles. The van der Waals surface area contributed by atoms with Gasteiger partial charge in [-0.1, -0.05) is 43.0 Å². The van der Waals surface area contributed by atoms with Crippen LogP contribution in [0.15, 0.2) is 85.5 Å². The van der Waals surface area contributed by atoms with Crippen LogP contribution in [0.1, 0.15) is 42.4 Å². The maximum absolute atomic E-state index is 12.4. The van der Waals surface area contributed by atoms with E-state index in [1.807, 2.05) is 69.7 Å². The molecule has 3 aromatic carbocycles. The number of carbonyl (C=O) groups excluding carboxylic acids is 5. The number of anilines is 3. The lowest BCUT2D eigenvalue weighted by Gasteiger charge is -2.40. The van der Waals surface area contributed by atoms with Crippen molar-refractivity contribution < 1.29 is 107 Å². The van der Waals surface area contributed by atoms with E-state index in [4.69, 9.17) is 40.9 Å². The molecule has 1 fully saturated rings. The number of rotatable bonds is 34. The van der Waals surface area contributed by atoms with Crippen molar-refractivity contribution in [2.45, 2.75) is 45.3 Å². The number of hydrogen-bond donors (Lipinski definition) is 3. The Morgan fingerprint density at radius 3 is 0.947 bits per heavy atom. The van der Waals surface area contributed by atoms with E-state index in [1.54, 1.807) is 0 Å². The van der Waals surface area contributed by atoms with Crippen LogP contribution in [0.4, 0.5) is 17.1 Å². The average molecular weight is 1440 g/mol. The standard InChI is InChI=1S/C28H52N6O4.C23H42N4O4.C8H16NO2.C7H10N2.5ClH/c1-29-22-30(2)24-32(23-29)26-11-9-25(10-12-26)21-31(15-13-27(35)37-19-17-33(3,4)5)16-14-28(36)38-20-18-34(6,7)8;1-26(2,3)15-17-30-22(28)11-13-25(19-20-7-9-21(24)10-8-20)14-12-23(29)31-18-16-27(4,5)6;1-5-8(10)11-7-6-9(2,3)4;8-5-6-1-3-7(9)4-2-6;;;;;/h9-12H,13-24H2,1-8H3;7-10H,11-19,24H2,1-6H3;5H,1,6-7H2,2-4H3;1-4H,5,8-9H2;5*1H/q2*+2;+1;;;;;;/p-3. The summed E-state index contributed by atoms with van der Waals surface area (Å²) in [4.78, 5) is 70.7. The SMILES string of the molecule is C=CC(=O)OCC[N+](C)(C)C.CN1CN(C)CN(c2ccc(CN(CCC(=O)OCC[N+](C)(C)C)CCC(=O)OCC[N+](C)(C)C)cc2)C1.C[N+](C)(C)CCOC(=O)CCN(CCC(=O)OCC[N+](C)(C)C)Cc1ccc(N)cc1.Cl.Cl.NCc1ccc(N)cc1.[Cl-].[Cl-].[Cl-]. The van der Waals surface area contributed by atoms with Crippen LogP contribution in [0.3, 0.4) is 0 Å². The molecule has 0 bridgehead atoms. The number of nitrogens with two attached hydrogens (primary N) is 3. The molecule has 28 heteroatoms. The Morgan fingerprint density at radius 2 is 0.691 bits per heavy atom. The summed E-state index contributed by atoms with van der Waals surface area (Å²) in [6.45, 7) is 15.9. The number of hydrogen-bond acceptors (Lipinski definition) is 18. The molecule has 1 saturated heterocycles. The number of benzene rings is 3. The molecule has 4 rings (SSSR count). The van der Waals surface area contributed by atoms with Crippen LogP contribution >= 0.6 is 24.8 Å². The Morgan fingerprint density at radius 1 is 0.436 bits per heavy atom. The fourth-order valence-corrected chi connectivity index (χ4v) is 7.94. The van der Waals surface area contributed by atoms with Gasteiger partial charge in [-0.15, -0.1) is 24.8 Å². The minimum absolute atomic E-state index is 0. The van der Waals surface area contributed by atoms with Crippen molar-refractivity contribution in [3.63, 3.8) is 0 Å². The number of ether oxygens (including phenoxy) is 5. The lowest BCUT2D eigenvalue weighted by atomic mass is 10.1. The number of carbonyl (C=O) groups is 5. The van der Waals surface area contributed by atoms with Crippen molar-refractivity contribution >= 4 is 71.7 Å². The molecule has 3 aromatic rings. The molecular formula is C66H122Cl5N13O10+2. The van der Waals surface area contributed by atoms with Crippen molar-refractivity contribution in [1.82, 2.24) is 19.6 Å². The van der Waals surface area contributed by atoms with E-state index in [0.717, 1.165) is 97.5 Å². The first-order valence-corrected chi connectivity index (χ1v) is 30.8. The number of esters is 5. The minimum Gasteiger partial charge on any atom is -1.00 e. The van der Waals surface area contributed by atoms with Gasteiger partial charge < -0.3 is 105 Å². The second-order valence-corrected chi connectivity index (χ2v) is 27.9. The van der Waals surface area contributed by atoms with Gasteiger partial charge in [0.15, 0.2) is 0 Å². The van der Waals surface area contributed by atoms with Gasteiger partial charge in [0, 0.05) is 69.0 Å². The zero-order valence-electron chi connectivity index (χ0n) is 59.9. The topological polar surface area (TPSA) is 226 Å². The van der Waals surface area contributed by atoms with Crippen molar-refractivity contribution in [1.29, 1.82) is 0 Å². The van der Waals surface area contributed by atoms with Crippen molar-refractivity contribution in [2.24, 2.45) is 5.73 Å². The van der Waals surface area contributed by atoms with E-state index >= 15 is 0 Å². The molecule has 0 unspecified atom stereocenters. The maximum atomic E-state index is 12.4. The highest BCUT2D eigenvalue weighted by Gasteiger charge is 2.21. The van der Waals surface area contributed by atoms with Gasteiger partial charge in [-0.05, 0) is 67.2 Å². The van der Waals surface area contributed by atoms with Gasteiger partial charge in [0.1, 0.15) is 65.8 Å². The Labute approximate surface area is 596 Å². The van der Waals surface area contributed by atoms with Crippen LogP contribution in [0.2, 0.25) is 0 Å². The van der Waals surface area contributed by atoms with Gasteiger partial charge in [0.25, 0.3) is 0 Å². The van der Waals surface area contributed by atoms with Gasteiger partial charge in [-0.25, -0.2) is 4.79 Å². The van der Waals surface area contributed by atoms with Gasteiger partial charge in [0.2, 0.25) is 0 Å². The zero-order valence-corrected chi connectivity index (χ0v) is 63.8. The summed E-state index contributed by atoms with van der Waals surface area (Å²) in [5, 5.41) is 0. The number of quaternary nitrogens is 5. The Kier molecular flexibility index (Phi) is 52.6. The first kappa shape index (κ1) is 97.9. The molecule has 0 atom stereocenters. The summed E-state index contributed by atoms with van der Waals surface area (Å²) >= 11 is 0. The molecule has 0 amide bonds. The quantitative estimate of drug-likeness (QED) is 0.0169. The number of nitrogen functional groups attached to an aromatic ring is 2. The predicted molar refractivity (Wildman–Crippen MR) is 372 cm³/mol. The highest BCUT2D eigenvalue weighted by molar-refractivity contribution is 5.85. The molecule has 0 aliphatic carbocycles. The molecule has 94 heavy (non-hydrogen) atoms. The van der Waals surface area contributed by atoms with Crippen LogP contribution < -0.4 is 59.3 Å². The van der Waals surface area contributed by atoms with E-state index in [0.29, 0.717) is 84.5 Å². The number of likely N-dealkylation sites (N-methyl/N-ethyl adjacent to an activating group) is 5. The number of nitrogens with zero attached hydrogens (tertiary/aromatic N) is 10. The second-order valence-electron chi connectivity index (χ2n) is 27.9. The predicted octanol–water partition coefficient (Wildman–Crippen LogP) is -4.32. The van der Waals surface area contributed by atoms with Crippen molar-refractivity contribution in [2.75, 3.05) is 248 Å². The lowest BCUT2D eigenvalue weighted by molar-refractivity contribution is -0.870. The molecule has 0 spiro atoms. The fourth-order valence-electron chi connectivity index (χ4n) is 7.94. The highest BCUT2D eigenvalue weighted by atomic mass is 35.5. The first-order valence-electron chi connectivity index (χ1n) is 30.8. The van der Waals surface area contributed by atoms with Crippen LogP contribution in [-0.4, -0.2) is 304 Å². The van der Waals surface area contributed by atoms with Crippen LogP contribution in [0.25, 0.3) is 0 Å². The number of halogens is 5. The molecular weight excluding hydrogens is 1310 g/mol. The molecule has 6 N–H and O–H groups in total. The fraction of sp³-hybridized carbons (Fsp3) is 0.621. The Balaban J connectivity index is -0.000000420. The van der Waals surface area contributed by atoms with E-state index in [9.17, 15) is 24.0 Å². The summed E-state index contributed by atoms with van der Waals surface area (Å²) < 4.78 is 30.2. The highest BCUT2D eigenvalue weighted by Crippen LogP contribution is 2.20. The lowest BCUT2D eigenvalue weighted by Crippen LogP contribution is -3.00. The van der Waals surface area contributed by atoms with E-state index in [2.05, 4.69) is 154 Å². The van der Waals surface area contributed by atoms with Gasteiger partial charge >= 0.3 is 29.8 Å². The van der Waals surface area contributed by atoms with Gasteiger partial charge in [-0.2, -0.15) is 0 Å². The summed E-state index contributed by atoms with van der Waals surface area (Å²) in [5.41, 5.74) is 22.6. The van der Waals surface area contributed by atoms with Crippen LogP contribution in [0, 0.1) is 0 Å². The smallest absolute Gasteiger partial charge is 0.330 e. The minimum atomic E-state index is -0.349. The third-order valence-corrected chi connectivity index (χ3v) is 13.4. The molecule has 544 valence electrons. The summed E-state index contributed by atoms with van der Waals surface area (Å²) in [6, 6.07) is 23.7. The zero-order chi connectivity index (χ0) is 67.4. The normalized spacial score (nSPS) is 12.5. The largest absolute Gasteiger partial charge is 1.00 e. The molecule has 1 aliphatic heterocycles. The third-order valence-electron chi connectivity index (χ3n) is 13.4. The molecule has 23 nitrogen and oxygen atoms in total. The summed E-state index contributed by atoms with van der Waals surface area (Å²) in [7, 11) is 35.1. The summed E-state index contributed by atoms with van der Waals surface area (Å²) in [5.74, 6) is -1.20. The first-order chi connectivity index (χ1) is 41.3. The average Bonchev–Trinajstić information content (AvgIpc) is 0.856. The van der Waals surface area contributed by atoms with Crippen molar-refractivity contribution in [3.8, 4) is 0 Å². The van der Waals surface area contributed by atoms with Crippen molar-refractivity contribution in [3.05, 3.63) is 102 Å². The van der Waals surface area contributed by atoms with E-state index in [1.165, 1.54) is 11.8 Å². The third kappa shape index (κ3) is 55.3. The maximum Gasteiger partial charge on any atom is 0.330 e. The molecule has 1 heterocycles. The Hall–Kier alpha value is -4.80. The summed E-state index contributed by atoms with van der Waals surface area (Å²) in [6.07, 6.45) is 2.32. The van der Waals surface area contributed by atoms with Gasteiger partial charge in [-0.3, -0.25) is 38.8 Å². The van der Waals surface area contributed by atoms with Crippen LogP contribution in [0.5, 0.6) is 0 Å². The van der Waals surface area contributed by atoms with Crippen LogP contribution in [-0.2, 0) is 67.3 Å². The van der Waals surface area contributed by atoms with E-state index < -0.39 is 0 Å².